The molecular weight excluding hydrogens is 292 g/mol. The molecule has 5 nitrogen and oxygen atoms in total. The molecule has 1 unspecified atom stereocenters. The summed E-state index contributed by atoms with van der Waals surface area (Å²) in [6.45, 7) is 4.56. The minimum Gasteiger partial charge on any atom is -0.381 e. The summed E-state index contributed by atoms with van der Waals surface area (Å²) >= 11 is 0. The second kappa shape index (κ2) is 6.96. The van der Waals surface area contributed by atoms with Gasteiger partial charge in [0, 0.05) is 33.2 Å². The molecule has 0 saturated carbocycles. The lowest BCUT2D eigenvalue weighted by Gasteiger charge is -2.42. The Kier molecular flexibility index (Phi) is 4.76. The van der Waals surface area contributed by atoms with Crippen LogP contribution >= 0.6 is 0 Å². The van der Waals surface area contributed by atoms with Gasteiger partial charge in [0.15, 0.2) is 0 Å². The molecule has 0 radical (unpaired) electrons. The summed E-state index contributed by atoms with van der Waals surface area (Å²) in [7, 11) is 0. The average molecular weight is 314 g/mol. The normalized spacial score (nSPS) is 21.9. The van der Waals surface area contributed by atoms with E-state index in [1.807, 2.05) is 30.3 Å². The highest BCUT2D eigenvalue weighted by Gasteiger charge is 2.38. The van der Waals surface area contributed by atoms with Crippen LogP contribution in [0.1, 0.15) is 18.9 Å². The fourth-order valence-electron chi connectivity index (χ4n) is 3.13. The molecule has 1 N–H and O–H groups in total. The topological polar surface area (TPSA) is 58.6 Å². The summed E-state index contributed by atoms with van der Waals surface area (Å²) in [6.07, 6.45) is 2.82. The third-order valence-corrected chi connectivity index (χ3v) is 4.48. The maximum absolute atomic E-state index is 12.6. The number of hydrogen-bond acceptors (Lipinski definition) is 3. The summed E-state index contributed by atoms with van der Waals surface area (Å²) in [5.41, 5.74) is 1.23. The fraction of sp³-hybridized carbons (Fsp3) is 0.444. The van der Waals surface area contributed by atoms with Crippen LogP contribution < -0.4 is 5.32 Å². The lowest BCUT2D eigenvalue weighted by molar-refractivity contribution is -0.136. The largest absolute Gasteiger partial charge is 0.381 e. The molecule has 23 heavy (non-hydrogen) atoms. The summed E-state index contributed by atoms with van der Waals surface area (Å²) < 4.78 is 5.42. The van der Waals surface area contributed by atoms with Gasteiger partial charge < -0.3 is 15.0 Å². The van der Waals surface area contributed by atoms with Crippen molar-refractivity contribution in [2.24, 2.45) is 11.8 Å². The third kappa shape index (κ3) is 3.79. The quantitative estimate of drug-likeness (QED) is 0.860. The molecule has 0 bridgehead atoms. The Morgan fingerprint density at radius 1 is 1.22 bits per heavy atom. The van der Waals surface area contributed by atoms with Gasteiger partial charge in [-0.1, -0.05) is 30.3 Å². The first-order chi connectivity index (χ1) is 11.1. The SMILES string of the molecule is CC(=O)N/C(=C\c1ccccc1)C(=O)N1CC(C2CCOC2)C1. The van der Waals surface area contributed by atoms with Gasteiger partial charge in [-0.3, -0.25) is 9.59 Å². The summed E-state index contributed by atoms with van der Waals surface area (Å²) in [6, 6.07) is 9.54. The summed E-state index contributed by atoms with van der Waals surface area (Å²) in [5, 5.41) is 2.67. The maximum atomic E-state index is 12.6. The number of nitrogens with zero attached hydrogens (tertiary/aromatic N) is 1. The number of benzene rings is 1. The van der Waals surface area contributed by atoms with Crippen LogP contribution in [0.4, 0.5) is 0 Å². The molecule has 1 aromatic carbocycles. The van der Waals surface area contributed by atoms with Gasteiger partial charge in [0.1, 0.15) is 5.70 Å². The molecule has 2 saturated heterocycles. The predicted octanol–water partition coefficient (Wildman–Crippen LogP) is 1.66. The summed E-state index contributed by atoms with van der Waals surface area (Å²) in [4.78, 5) is 25.8. The number of amides is 2. The second-order valence-corrected chi connectivity index (χ2v) is 6.24. The molecule has 0 aromatic heterocycles. The molecule has 5 heteroatoms. The van der Waals surface area contributed by atoms with Crippen molar-refractivity contribution in [2.45, 2.75) is 13.3 Å². The van der Waals surface area contributed by atoms with Crippen LogP contribution in [0.3, 0.4) is 0 Å². The molecule has 2 aliphatic heterocycles. The lowest BCUT2D eigenvalue weighted by Crippen LogP contribution is -2.54. The number of carbonyl (C=O) groups excluding carboxylic acids is 2. The zero-order chi connectivity index (χ0) is 16.2. The molecule has 3 rings (SSSR count). The number of carbonyl (C=O) groups is 2. The van der Waals surface area contributed by atoms with Crippen molar-refractivity contribution in [3.63, 3.8) is 0 Å². The van der Waals surface area contributed by atoms with Crippen LogP contribution in [0.25, 0.3) is 6.08 Å². The van der Waals surface area contributed by atoms with E-state index >= 15 is 0 Å². The van der Waals surface area contributed by atoms with Crippen molar-refractivity contribution >= 4 is 17.9 Å². The first-order valence-electron chi connectivity index (χ1n) is 8.05. The van der Waals surface area contributed by atoms with Gasteiger partial charge in [0.2, 0.25) is 5.91 Å². The van der Waals surface area contributed by atoms with E-state index in [9.17, 15) is 9.59 Å². The van der Waals surface area contributed by atoms with E-state index in [1.165, 1.54) is 6.92 Å². The zero-order valence-electron chi connectivity index (χ0n) is 13.3. The van der Waals surface area contributed by atoms with Crippen molar-refractivity contribution in [1.82, 2.24) is 10.2 Å². The van der Waals surface area contributed by atoms with Crippen molar-refractivity contribution in [3.8, 4) is 0 Å². The van der Waals surface area contributed by atoms with Crippen LogP contribution in [0.15, 0.2) is 36.0 Å². The van der Waals surface area contributed by atoms with Crippen molar-refractivity contribution in [1.29, 1.82) is 0 Å². The monoisotopic (exact) mass is 314 g/mol. The number of rotatable bonds is 4. The highest BCUT2D eigenvalue weighted by Crippen LogP contribution is 2.30. The molecule has 2 aliphatic rings. The number of likely N-dealkylation sites (tertiary alicyclic amines) is 1. The highest BCUT2D eigenvalue weighted by atomic mass is 16.5. The predicted molar refractivity (Wildman–Crippen MR) is 87.2 cm³/mol. The third-order valence-electron chi connectivity index (χ3n) is 4.48. The summed E-state index contributed by atoms with van der Waals surface area (Å²) in [5.74, 6) is 0.749. The van der Waals surface area contributed by atoms with Crippen LogP contribution in [0.2, 0.25) is 0 Å². The first-order valence-corrected chi connectivity index (χ1v) is 8.05. The molecule has 2 heterocycles. The Morgan fingerprint density at radius 3 is 2.57 bits per heavy atom. The molecule has 1 aromatic rings. The Morgan fingerprint density at radius 2 is 1.96 bits per heavy atom. The van der Waals surface area contributed by atoms with E-state index in [4.69, 9.17) is 4.74 Å². The van der Waals surface area contributed by atoms with Crippen molar-refractivity contribution in [3.05, 3.63) is 41.6 Å². The Balaban J connectivity index is 1.66. The smallest absolute Gasteiger partial charge is 0.270 e. The number of ether oxygens (including phenoxy) is 1. The van der Waals surface area contributed by atoms with Crippen LogP contribution in [0.5, 0.6) is 0 Å². The van der Waals surface area contributed by atoms with Gasteiger partial charge in [-0.25, -0.2) is 0 Å². The first kappa shape index (κ1) is 15.7. The van der Waals surface area contributed by atoms with Gasteiger partial charge in [0.25, 0.3) is 5.91 Å². The Hall–Kier alpha value is -2.14. The van der Waals surface area contributed by atoms with E-state index in [0.717, 1.165) is 38.3 Å². The minimum atomic E-state index is -0.234. The lowest BCUT2D eigenvalue weighted by atomic mass is 9.85. The van der Waals surface area contributed by atoms with Gasteiger partial charge in [0.05, 0.1) is 0 Å². The van der Waals surface area contributed by atoms with Gasteiger partial charge in [-0.2, -0.15) is 0 Å². The van der Waals surface area contributed by atoms with Crippen LogP contribution in [-0.4, -0.2) is 43.0 Å². The number of hydrogen-bond donors (Lipinski definition) is 1. The molecular formula is C18H22N2O3. The van der Waals surface area contributed by atoms with Crippen molar-refractivity contribution in [2.75, 3.05) is 26.3 Å². The van der Waals surface area contributed by atoms with Gasteiger partial charge >= 0.3 is 0 Å². The molecule has 0 aliphatic carbocycles. The van der Waals surface area contributed by atoms with E-state index in [-0.39, 0.29) is 11.8 Å². The second-order valence-electron chi connectivity index (χ2n) is 6.24. The molecule has 2 fully saturated rings. The molecule has 122 valence electrons. The van der Waals surface area contributed by atoms with E-state index in [0.29, 0.717) is 17.5 Å². The van der Waals surface area contributed by atoms with Gasteiger partial charge in [-0.05, 0) is 29.9 Å². The van der Waals surface area contributed by atoms with Crippen LogP contribution in [0, 0.1) is 11.8 Å². The zero-order valence-corrected chi connectivity index (χ0v) is 13.3. The van der Waals surface area contributed by atoms with E-state index in [1.54, 1.807) is 11.0 Å². The van der Waals surface area contributed by atoms with Crippen LogP contribution in [-0.2, 0) is 14.3 Å². The number of nitrogens with one attached hydrogen (secondary N) is 1. The Bertz CT molecular complexity index is 600. The minimum absolute atomic E-state index is 0.112. The van der Waals surface area contributed by atoms with E-state index in [2.05, 4.69) is 5.32 Å². The standard InChI is InChI=1S/C18H22N2O3/c1-13(21)19-17(9-14-5-3-2-4-6-14)18(22)20-10-16(11-20)15-7-8-23-12-15/h2-6,9,15-16H,7-8,10-12H2,1H3,(H,19,21)/b17-9-. The molecule has 1 atom stereocenters. The highest BCUT2D eigenvalue weighted by molar-refractivity contribution is 6.01. The fourth-order valence-corrected chi connectivity index (χ4v) is 3.13. The maximum Gasteiger partial charge on any atom is 0.270 e. The average Bonchev–Trinajstić information content (AvgIpc) is 2.99. The van der Waals surface area contributed by atoms with Crippen molar-refractivity contribution < 1.29 is 14.3 Å². The van der Waals surface area contributed by atoms with Gasteiger partial charge in [-0.15, -0.1) is 0 Å². The Labute approximate surface area is 136 Å². The molecule has 2 amide bonds. The van der Waals surface area contributed by atoms with E-state index < -0.39 is 0 Å². The molecule has 0 spiro atoms.